The number of urea groups is 1. The fourth-order valence-electron chi connectivity index (χ4n) is 3.28. The zero-order chi connectivity index (χ0) is 17.5. The Labute approximate surface area is 144 Å². The van der Waals surface area contributed by atoms with Gasteiger partial charge in [-0.25, -0.2) is 14.5 Å². The van der Waals surface area contributed by atoms with Crippen LogP contribution in [0.5, 0.6) is 0 Å². The molecule has 2 unspecified atom stereocenters. The van der Waals surface area contributed by atoms with Gasteiger partial charge >= 0.3 is 6.03 Å². The molecule has 0 spiro atoms. The first-order valence-electron chi connectivity index (χ1n) is 9.12. The number of aryl methyl sites for hydroxylation is 2. The molecule has 0 fully saturated rings. The average molecular weight is 337 g/mol. The monoisotopic (exact) mass is 337 g/mol. The summed E-state index contributed by atoms with van der Waals surface area (Å²) in [5.74, 6) is 2.56. The Hall–Kier alpha value is -1.63. The zero-order valence-electron chi connectivity index (χ0n) is 15.1. The van der Waals surface area contributed by atoms with Crippen LogP contribution in [0.2, 0.25) is 0 Å². The van der Waals surface area contributed by atoms with Gasteiger partial charge in [0.15, 0.2) is 5.82 Å². The van der Waals surface area contributed by atoms with E-state index in [1.165, 1.54) is 0 Å². The van der Waals surface area contributed by atoms with Crippen LogP contribution >= 0.6 is 0 Å². The summed E-state index contributed by atoms with van der Waals surface area (Å²) in [6.07, 6.45) is 4.40. The lowest BCUT2D eigenvalue weighted by molar-refractivity contribution is 0.220. The highest BCUT2D eigenvalue weighted by Gasteiger charge is 2.25. The molecule has 1 aromatic rings. The number of hydrogen-bond acceptors (Lipinski definition) is 4. The number of aromatic nitrogens is 3. The van der Waals surface area contributed by atoms with Gasteiger partial charge in [-0.2, -0.15) is 5.10 Å². The largest absolute Gasteiger partial charge is 0.396 e. The number of nitrogens with zero attached hydrogens (tertiary/aromatic N) is 3. The highest BCUT2D eigenvalue weighted by Crippen LogP contribution is 2.23. The van der Waals surface area contributed by atoms with E-state index in [0.29, 0.717) is 18.4 Å². The third kappa shape index (κ3) is 5.19. The van der Waals surface area contributed by atoms with E-state index in [4.69, 9.17) is 5.11 Å². The van der Waals surface area contributed by atoms with E-state index >= 15 is 0 Å². The molecular weight excluding hydrogens is 306 g/mol. The molecule has 24 heavy (non-hydrogen) atoms. The van der Waals surface area contributed by atoms with Gasteiger partial charge < -0.3 is 15.7 Å². The first kappa shape index (κ1) is 18.7. The minimum Gasteiger partial charge on any atom is -0.396 e. The Kier molecular flexibility index (Phi) is 7.02. The van der Waals surface area contributed by atoms with E-state index in [2.05, 4.69) is 34.6 Å². The van der Waals surface area contributed by atoms with E-state index in [0.717, 1.165) is 50.3 Å². The number of amides is 2. The first-order chi connectivity index (χ1) is 11.5. The van der Waals surface area contributed by atoms with E-state index < -0.39 is 0 Å². The summed E-state index contributed by atoms with van der Waals surface area (Å²) >= 11 is 0. The van der Waals surface area contributed by atoms with E-state index in [9.17, 15) is 4.79 Å². The third-order valence-electron chi connectivity index (χ3n) is 4.43. The van der Waals surface area contributed by atoms with Gasteiger partial charge in [-0.15, -0.1) is 0 Å². The Morgan fingerprint density at radius 2 is 2.25 bits per heavy atom. The molecular formula is C17H31N5O2. The molecule has 7 heteroatoms. The molecule has 0 radical (unpaired) electrons. The predicted octanol–water partition coefficient (Wildman–Crippen LogP) is 2.02. The number of fused-ring (bicyclic) bond motifs is 1. The highest BCUT2D eigenvalue weighted by molar-refractivity contribution is 5.74. The van der Waals surface area contributed by atoms with Crippen molar-refractivity contribution in [2.24, 2.45) is 11.8 Å². The van der Waals surface area contributed by atoms with Gasteiger partial charge in [-0.3, -0.25) is 0 Å². The molecule has 0 saturated heterocycles. The molecule has 2 amide bonds. The molecule has 7 nitrogen and oxygen atoms in total. The van der Waals surface area contributed by atoms with Gasteiger partial charge in [0, 0.05) is 26.1 Å². The van der Waals surface area contributed by atoms with Crippen molar-refractivity contribution >= 4 is 6.03 Å². The fraction of sp³-hybridized carbons (Fsp3) is 0.824. The first-order valence-corrected chi connectivity index (χ1v) is 9.12. The Morgan fingerprint density at radius 3 is 2.92 bits per heavy atom. The van der Waals surface area contributed by atoms with Crippen LogP contribution in [-0.4, -0.2) is 39.1 Å². The van der Waals surface area contributed by atoms with Gasteiger partial charge in [0.1, 0.15) is 5.82 Å². The highest BCUT2D eigenvalue weighted by atomic mass is 16.3. The number of rotatable bonds is 8. The minimum absolute atomic E-state index is 0.0760. The molecule has 3 N–H and O–H groups in total. The Morgan fingerprint density at radius 1 is 1.46 bits per heavy atom. The molecule has 0 bridgehead atoms. The molecule has 0 aromatic carbocycles. The maximum absolute atomic E-state index is 12.2. The quantitative estimate of drug-likeness (QED) is 0.677. The minimum atomic E-state index is -0.166. The van der Waals surface area contributed by atoms with Crippen LogP contribution in [0.4, 0.5) is 4.79 Å². The van der Waals surface area contributed by atoms with Crippen molar-refractivity contribution in [2.75, 3.05) is 13.2 Å². The molecule has 2 atom stereocenters. The van der Waals surface area contributed by atoms with E-state index in [1.807, 2.05) is 11.6 Å². The van der Waals surface area contributed by atoms with Gasteiger partial charge in [0.2, 0.25) is 0 Å². The Bertz CT molecular complexity index is 529. The molecule has 2 heterocycles. The summed E-state index contributed by atoms with van der Waals surface area (Å²) in [4.78, 5) is 16.8. The van der Waals surface area contributed by atoms with Crippen LogP contribution in [0.3, 0.4) is 0 Å². The Balaban J connectivity index is 1.87. The fourth-order valence-corrected chi connectivity index (χ4v) is 3.28. The molecule has 136 valence electrons. The summed E-state index contributed by atoms with van der Waals surface area (Å²) in [5, 5.41) is 19.6. The predicted molar refractivity (Wildman–Crippen MR) is 92.6 cm³/mol. The van der Waals surface area contributed by atoms with Crippen LogP contribution in [-0.2, 0) is 13.0 Å². The average Bonchev–Trinajstić information content (AvgIpc) is 2.97. The van der Waals surface area contributed by atoms with E-state index in [1.54, 1.807) is 0 Å². The summed E-state index contributed by atoms with van der Waals surface area (Å²) in [6, 6.07) is -0.242. The van der Waals surface area contributed by atoms with Gasteiger partial charge in [-0.1, -0.05) is 20.8 Å². The number of nitrogens with one attached hydrogen (secondary N) is 2. The van der Waals surface area contributed by atoms with Crippen LogP contribution < -0.4 is 10.6 Å². The maximum Gasteiger partial charge on any atom is 0.315 e. The SMILES string of the molecule is CCc1nc2n(n1)CCCC2NC(=O)NCC(CCO)CC(C)C. The van der Waals surface area contributed by atoms with Gasteiger partial charge in [0.05, 0.1) is 6.04 Å². The molecule has 0 aliphatic carbocycles. The maximum atomic E-state index is 12.2. The van der Waals surface area contributed by atoms with Crippen molar-refractivity contribution in [1.82, 2.24) is 25.4 Å². The van der Waals surface area contributed by atoms with Crippen LogP contribution in [0.25, 0.3) is 0 Å². The topological polar surface area (TPSA) is 92.1 Å². The molecule has 2 rings (SSSR count). The second-order valence-corrected chi connectivity index (χ2v) is 7.02. The number of hydrogen-bond donors (Lipinski definition) is 3. The van der Waals surface area contributed by atoms with Crippen LogP contribution in [0.15, 0.2) is 0 Å². The number of aliphatic hydroxyl groups excluding tert-OH is 1. The summed E-state index contributed by atoms with van der Waals surface area (Å²) in [7, 11) is 0. The molecule has 1 aromatic heterocycles. The second-order valence-electron chi connectivity index (χ2n) is 7.02. The zero-order valence-corrected chi connectivity index (χ0v) is 15.1. The summed E-state index contributed by atoms with van der Waals surface area (Å²) < 4.78 is 1.92. The van der Waals surface area contributed by atoms with Crippen LogP contribution in [0.1, 0.15) is 64.1 Å². The van der Waals surface area contributed by atoms with Crippen molar-refractivity contribution < 1.29 is 9.90 Å². The lowest BCUT2D eigenvalue weighted by atomic mass is 9.94. The number of carbonyl (C=O) groups is 1. The standard InChI is InChI=1S/C17H31N5O2/c1-4-15-20-16-14(6-5-8-22(16)21-15)19-17(24)18-11-13(7-9-23)10-12(2)3/h12-14,23H,4-11H2,1-3H3,(H2,18,19,24). The number of carbonyl (C=O) groups excluding carboxylic acids is 1. The second kappa shape index (κ2) is 9.01. The molecule has 0 saturated carbocycles. The third-order valence-corrected chi connectivity index (χ3v) is 4.43. The van der Waals surface area contributed by atoms with Gasteiger partial charge in [-0.05, 0) is 37.5 Å². The number of aliphatic hydroxyl groups is 1. The van der Waals surface area contributed by atoms with Crippen molar-refractivity contribution in [2.45, 2.75) is 65.5 Å². The van der Waals surface area contributed by atoms with Crippen molar-refractivity contribution in [3.8, 4) is 0 Å². The van der Waals surface area contributed by atoms with Crippen LogP contribution in [0, 0.1) is 11.8 Å². The van der Waals surface area contributed by atoms with E-state index in [-0.39, 0.29) is 18.7 Å². The lowest BCUT2D eigenvalue weighted by Crippen LogP contribution is -2.42. The normalized spacial score (nSPS) is 18.3. The lowest BCUT2D eigenvalue weighted by Gasteiger charge is -2.24. The summed E-state index contributed by atoms with van der Waals surface area (Å²) in [5.41, 5.74) is 0. The van der Waals surface area contributed by atoms with Crippen molar-refractivity contribution in [1.29, 1.82) is 0 Å². The molecule has 1 aliphatic heterocycles. The van der Waals surface area contributed by atoms with Gasteiger partial charge in [0.25, 0.3) is 0 Å². The smallest absolute Gasteiger partial charge is 0.315 e. The molecule has 1 aliphatic rings. The van der Waals surface area contributed by atoms with Crippen molar-refractivity contribution in [3.05, 3.63) is 11.6 Å². The van der Waals surface area contributed by atoms with Crippen molar-refractivity contribution in [3.63, 3.8) is 0 Å². The summed E-state index contributed by atoms with van der Waals surface area (Å²) in [6.45, 7) is 7.97.